The van der Waals surface area contributed by atoms with Crippen molar-refractivity contribution < 1.29 is 101 Å². The fraction of sp³-hybridized carbons (Fsp3) is 0.619. The number of alkyl halides is 12. The summed E-state index contributed by atoms with van der Waals surface area (Å²) in [6, 6.07) is 9.38. The van der Waals surface area contributed by atoms with Crippen molar-refractivity contribution in [2.75, 3.05) is 52.4 Å². The van der Waals surface area contributed by atoms with Crippen LogP contribution in [0.4, 0.5) is 62.3 Å². The molecule has 0 saturated carbocycles. The number of halogens is 15. The molecule has 4 rings (SSSR count). The number of hydrogen-bond acceptors (Lipinski definition) is 11. The molecule has 0 unspecified atom stereocenters. The number of rotatable bonds is 12. The van der Waals surface area contributed by atoms with Crippen LogP contribution >= 0.6 is 35.6 Å². The van der Waals surface area contributed by atoms with Gasteiger partial charge in [-0.05, 0) is 72.7 Å². The van der Waals surface area contributed by atoms with E-state index in [0.717, 1.165) is 9.80 Å². The Hall–Kier alpha value is -4.53. The van der Waals surface area contributed by atoms with E-state index in [-0.39, 0.29) is 83.6 Å². The van der Waals surface area contributed by atoms with E-state index in [2.05, 4.69) is 9.47 Å². The summed E-state index contributed by atoms with van der Waals surface area (Å²) in [5.74, 6) is -1.32. The van der Waals surface area contributed by atoms with Gasteiger partial charge in [0.15, 0.2) is 11.2 Å². The zero-order chi connectivity index (χ0) is 53.6. The number of ether oxygens (including phenoxy) is 5. The third-order valence-electron chi connectivity index (χ3n) is 9.87. The quantitative estimate of drug-likeness (QED) is 0.123. The minimum absolute atomic E-state index is 0. The van der Waals surface area contributed by atoms with Crippen molar-refractivity contribution in [3.05, 3.63) is 57.6 Å². The van der Waals surface area contributed by atoms with Crippen LogP contribution in [0.2, 0.25) is 10.0 Å². The summed E-state index contributed by atoms with van der Waals surface area (Å²) in [5, 5.41) is 9.91. The molecule has 1 N–H and O–H groups in total. The van der Waals surface area contributed by atoms with Crippen LogP contribution in [0.3, 0.4) is 0 Å². The monoisotopic (exact) mass is 1100 g/mol. The summed E-state index contributed by atoms with van der Waals surface area (Å²) in [4.78, 5) is 52.9. The Labute approximate surface area is 415 Å². The van der Waals surface area contributed by atoms with Gasteiger partial charge in [0.05, 0.1) is 0 Å². The lowest BCUT2D eigenvalue weighted by atomic mass is 10.1. The molecular formula is C42H51Cl3F12N4O10. The summed E-state index contributed by atoms with van der Waals surface area (Å²) >= 11 is 12.1. The number of amides is 2. The Balaban J connectivity index is 0.000000483. The fourth-order valence-corrected chi connectivity index (χ4v) is 6.52. The molecule has 2 saturated heterocycles. The second kappa shape index (κ2) is 24.0. The molecule has 0 radical (unpaired) electrons. The second-order valence-electron chi connectivity index (χ2n) is 17.8. The Morgan fingerprint density at radius 3 is 1.14 bits per heavy atom. The Kier molecular flexibility index (Phi) is 21.2. The zero-order valence-electron chi connectivity index (χ0n) is 38.8. The van der Waals surface area contributed by atoms with Crippen molar-refractivity contribution in [3.63, 3.8) is 0 Å². The molecule has 14 nitrogen and oxygen atoms in total. The average Bonchev–Trinajstić information content (AvgIpc) is 3.19. The minimum atomic E-state index is -5.79. The van der Waals surface area contributed by atoms with Crippen LogP contribution in [0.1, 0.15) is 59.6 Å². The normalized spacial score (nSPS) is 15.9. The molecule has 71 heavy (non-hydrogen) atoms. The molecule has 29 heteroatoms. The molecule has 2 aliphatic heterocycles. The van der Waals surface area contributed by atoms with Gasteiger partial charge >= 0.3 is 48.8 Å². The van der Waals surface area contributed by atoms with Gasteiger partial charge in [0, 0.05) is 86.6 Å². The lowest BCUT2D eigenvalue weighted by Gasteiger charge is -2.35. The van der Waals surface area contributed by atoms with Gasteiger partial charge in [-0.3, -0.25) is 9.80 Å². The maximum Gasteiger partial charge on any atom is 0.434 e. The number of aliphatic carboxylic acids is 1. The Bertz CT molecular complexity index is 2110. The molecule has 404 valence electrons. The Morgan fingerprint density at radius 1 is 0.549 bits per heavy atom. The SMILES string of the molecule is CC(C)(C)OC(=O)C(C)(C)Oc1cc(Cl)ccc1CN1CCN(C(=O)OC(C(F)(F)F)C(F)(F)F)CC1.CC(C)(Oc1cc(Cl)ccc1CN1CCN(C(=O)OC(C(F)(F)F)C(F)(F)F)CC1)C(=O)O.Cl. The van der Waals surface area contributed by atoms with Crippen molar-refractivity contribution in [1.29, 1.82) is 0 Å². The van der Waals surface area contributed by atoms with E-state index in [4.69, 9.17) is 37.4 Å². The predicted molar refractivity (Wildman–Crippen MR) is 232 cm³/mol. The molecule has 0 spiro atoms. The summed E-state index contributed by atoms with van der Waals surface area (Å²) in [5.41, 5.74) is -2.50. The van der Waals surface area contributed by atoms with Gasteiger partial charge < -0.3 is 38.6 Å². The van der Waals surface area contributed by atoms with E-state index >= 15 is 0 Å². The van der Waals surface area contributed by atoms with E-state index in [9.17, 15) is 77.0 Å². The van der Waals surface area contributed by atoms with Crippen LogP contribution in [-0.2, 0) is 36.9 Å². The van der Waals surface area contributed by atoms with Crippen LogP contribution in [0, 0.1) is 0 Å². The lowest BCUT2D eigenvalue weighted by molar-refractivity contribution is -0.309. The highest BCUT2D eigenvalue weighted by molar-refractivity contribution is 6.31. The van der Waals surface area contributed by atoms with Crippen LogP contribution in [0.15, 0.2) is 36.4 Å². The molecule has 0 bridgehead atoms. The highest BCUT2D eigenvalue weighted by Gasteiger charge is 2.61. The van der Waals surface area contributed by atoms with Crippen molar-refractivity contribution in [1.82, 2.24) is 19.6 Å². The summed E-state index contributed by atoms with van der Waals surface area (Å²) in [6.45, 7) is 11.2. The number of piperazine rings is 2. The smallest absolute Gasteiger partial charge is 0.434 e. The van der Waals surface area contributed by atoms with E-state index < -0.39 is 77.8 Å². The first-order chi connectivity index (χ1) is 31.7. The van der Waals surface area contributed by atoms with E-state index in [1.807, 2.05) is 4.90 Å². The van der Waals surface area contributed by atoms with Crippen LogP contribution < -0.4 is 9.47 Å². The number of carbonyl (C=O) groups excluding carboxylic acids is 3. The third-order valence-corrected chi connectivity index (χ3v) is 10.3. The first-order valence-electron chi connectivity index (χ1n) is 20.7. The van der Waals surface area contributed by atoms with Gasteiger partial charge in [0.25, 0.3) is 12.2 Å². The minimum Gasteiger partial charge on any atom is -0.478 e. The molecule has 0 atom stereocenters. The first-order valence-corrected chi connectivity index (χ1v) is 21.5. The van der Waals surface area contributed by atoms with Crippen LogP contribution in [0.5, 0.6) is 11.5 Å². The number of hydrogen-bond donors (Lipinski definition) is 1. The molecule has 2 fully saturated rings. The van der Waals surface area contributed by atoms with E-state index in [0.29, 0.717) is 26.9 Å². The molecule has 2 amide bonds. The number of benzene rings is 2. The maximum absolute atomic E-state index is 12.7. The highest BCUT2D eigenvalue weighted by atomic mass is 35.5. The second-order valence-corrected chi connectivity index (χ2v) is 18.6. The van der Waals surface area contributed by atoms with Crippen molar-refractivity contribution in [2.45, 2.75) is 115 Å². The number of esters is 1. The molecule has 0 aromatic heterocycles. The largest absolute Gasteiger partial charge is 0.478 e. The van der Waals surface area contributed by atoms with Crippen LogP contribution in [-0.4, -0.2) is 155 Å². The van der Waals surface area contributed by atoms with E-state index in [1.165, 1.54) is 39.8 Å². The summed E-state index contributed by atoms with van der Waals surface area (Å²) in [6.07, 6.45) is -35.0. The van der Waals surface area contributed by atoms with E-state index in [1.54, 1.807) is 49.9 Å². The van der Waals surface area contributed by atoms with Gasteiger partial charge in [0.2, 0.25) is 0 Å². The average molecular weight is 1110 g/mol. The summed E-state index contributed by atoms with van der Waals surface area (Å²) < 4.78 is 176. The van der Waals surface area contributed by atoms with Crippen molar-refractivity contribution in [2.24, 2.45) is 0 Å². The zero-order valence-corrected chi connectivity index (χ0v) is 41.1. The lowest BCUT2D eigenvalue weighted by Crippen LogP contribution is -2.52. The van der Waals surface area contributed by atoms with Gasteiger partial charge in [-0.25, -0.2) is 19.2 Å². The highest BCUT2D eigenvalue weighted by Crippen LogP contribution is 2.38. The standard InChI is InChI=1S/C23H29ClF6N2O5.C19H21ClF6N2O5.ClH/c1-20(2,3)37-18(33)21(4,5)36-16-12-15(24)7-6-14(16)13-31-8-10-32(11-9-31)19(34)35-17(22(25,26)27)23(28,29)30;1-17(2,15(29)30)33-13-9-12(20)4-3-11(13)10-27-5-7-28(8-6-27)16(31)32-14(18(21,22)23)19(24,25)26;/h6-7,12,17H,8-11,13H2,1-5H3;3-4,9,14H,5-8,10H2,1-2H3,(H,29,30);1H. The molecule has 2 aromatic rings. The predicted octanol–water partition coefficient (Wildman–Crippen LogP) is 10.3. The topological polar surface area (TPSA) is 148 Å². The maximum atomic E-state index is 12.7. The summed E-state index contributed by atoms with van der Waals surface area (Å²) in [7, 11) is 0. The first kappa shape index (κ1) is 62.6. The number of carboxylic acids is 1. The molecule has 0 aliphatic carbocycles. The number of nitrogens with zero attached hydrogens (tertiary/aromatic N) is 4. The number of carbonyl (C=O) groups is 4. The third kappa shape index (κ3) is 19.4. The van der Waals surface area contributed by atoms with Gasteiger partial charge in [-0.2, -0.15) is 52.7 Å². The molecular weight excluding hydrogens is 1050 g/mol. The van der Waals surface area contributed by atoms with Crippen LogP contribution in [0.25, 0.3) is 0 Å². The number of carboxylic acid groups (broad SMARTS) is 1. The van der Waals surface area contributed by atoms with Crippen molar-refractivity contribution >= 4 is 59.7 Å². The van der Waals surface area contributed by atoms with Gasteiger partial charge in [-0.15, -0.1) is 12.4 Å². The van der Waals surface area contributed by atoms with Gasteiger partial charge in [-0.1, -0.05) is 35.3 Å². The molecule has 2 aliphatic rings. The molecule has 2 heterocycles. The fourth-order valence-electron chi connectivity index (χ4n) is 6.19. The Morgan fingerprint density at radius 2 is 0.859 bits per heavy atom. The van der Waals surface area contributed by atoms with Crippen molar-refractivity contribution in [3.8, 4) is 11.5 Å². The molecule has 2 aromatic carbocycles. The van der Waals surface area contributed by atoms with Gasteiger partial charge in [0.1, 0.15) is 17.1 Å².